The minimum atomic E-state index is -0.543. The van der Waals surface area contributed by atoms with Gasteiger partial charge in [-0.15, -0.1) is 0 Å². The lowest BCUT2D eigenvalue weighted by molar-refractivity contribution is -0.385. The predicted octanol–water partition coefficient (Wildman–Crippen LogP) is 7.23. The lowest BCUT2D eigenvalue weighted by Gasteiger charge is -2.22. The summed E-state index contributed by atoms with van der Waals surface area (Å²) in [5.41, 5.74) is 1.15. The first-order valence-electron chi connectivity index (χ1n) is 12.3. The number of nitro groups is 1. The van der Waals surface area contributed by atoms with Crippen LogP contribution in [0.15, 0.2) is 75.0 Å². The lowest BCUT2D eigenvalue weighted by Crippen LogP contribution is -2.25. The van der Waals surface area contributed by atoms with Gasteiger partial charge in [0.2, 0.25) is 5.75 Å². The Bertz CT molecular complexity index is 1580. The van der Waals surface area contributed by atoms with Gasteiger partial charge >= 0.3 is 5.69 Å². The molecule has 1 fully saturated rings. The second-order valence-electron chi connectivity index (χ2n) is 9.20. The maximum Gasteiger partial charge on any atom is 0.313 e. The Balaban J connectivity index is 1.62. The Labute approximate surface area is 232 Å². The van der Waals surface area contributed by atoms with Gasteiger partial charge in [0.1, 0.15) is 12.4 Å². The summed E-state index contributed by atoms with van der Waals surface area (Å²) in [5.74, 6) is 0.698. The fourth-order valence-corrected chi connectivity index (χ4v) is 5.32. The lowest BCUT2D eigenvalue weighted by atomic mass is 9.88. The van der Waals surface area contributed by atoms with E-state index in [2.05, 4.69) is 21.0 Å². The summed E-state index contributed by atoms with van der Waals surface area (Å²) in [7, 11) is 0. The number of rotatable bonds is 7. The third kappa shape index (κ3) is 5.63. The summed E-state index contributed by atoms with van der Waals surface area (Å²) in [6, 6.07) is 17.5. The van der Waals surface area contributed by atoms with E-state index < -0.39 is 4.92 Å². The molecule has 0 amide bonds. The minimum Gasteiger partial charge on any atom is -0.481 e. The number of aromatic nitrogens is 2. The van der Waals surface area contributed by atoms with Crippen LogP contribution >= 0.6 is 27.5 Å². The predicted molar refractivity (Wildman–Crippen MR) is 151 cm³/mol. The van der Waals surface area contributed by atoms with Crippen LogP contribution in [0.4, 0.5) is 5.69 Å². The van der Waals surface area contributed by atoms with E-state index in [1.807, 2.05) is 42.5 Å². The second-order valence-corrected chi connectivity index (χ2v) is 10.6. The molecule has 194 valence electrons. The highest BCUT2D eigenvalue weighted by Crippen LogP contribution is 2.35. The van der Waals surface area contributed by atoms with Gasteiger partial charge in [0.25, 0.3) is 5.56 Å². The summed E-state index contributed by atoms with van der Waals surface area (Å²) in [6.45, 7) is 0.114. The molecule has 1 aliphatic carbocycles. The monoisotopic (exact) mass is 594 g/mol. The molecule has 1 heterocycles. The standard InChI is InChI=1S/C28H24BrClN4O4/c29-21-11-12-24-23(14-21)28(35)33(27(32-24)19-9-5-2-6-10-19)31-16-20-13-22(30)15-25(34(36)37)26(20)38-17-18-7-3-1-4-8-18/h1,3-4,7-8,11-16,19H,2,5-6,9-10,17H2. The highest BCUT2D eigenvalue weighted by molar-refractivity contribution is 9.10. The van der Waals surface area contributed by atoms with Crippen LogP contribution in [-0.2, 0) is 6.61 Å². The summed E-state index contributed by atoms with van der Waals surface area (Å²) in [4.78, 5) is 29.8. The van der Waals surface area contributed by atoms with Crippen LogP contribution in [0.1, 0.15) is 55.0 Å². The van der Waals surface area contributed by atoms with E-state index in [0.29, 0.717) is 16.7 Å². The molecule has 0 radical (unpaired) electrons. The Hall–Kier alpha value is -3.56. The fourth-order valence-electron chi connectivity index (χ4n) is 4.74. The van der Waals surface area contributed by atoms with Crippen LogP contribution in [0.2, 0.25) is 5.02 Å². The summed E-state index contributed by atoms with van der Waals surface area (Å²) < 4.78 is 8.00. The number of benzene rings is 3. The van der Waals surface area contributed by atoms with Gasteiger partial charge < -0.3 is 4.74 Å². The van der Waals surface area contributed by atoms with Gasteiger partial charge in [-0.25, -0.2) is 4.98 Å². The smallest absolute Gasteiger partial charge is 0.313 e. The van der Waals surface area contributed by atoms with Crippen molar-refractivity contribution in [3.63, 3.8) is 0 Å². The van der Waals surface area contributed by atoms with Crippen LogP contribution in [-0.4, -0.2) is 20.8 Å². The van der Waals surface area contributed by atoms with Crippen LogP contribution in [0.5, 0.6) is 5.75 Å². The van der Waals surface area contributed by atoms with Gasteiger partial charge in [-0.2, -0.15) is 9.78 Å². The molecule has 8 nitrogen and oxygen atoms in total. The number of nitrogens with zero attached hydrogens (tertiary/aromatic N) is 4. The molecular formula is C28H24BrClN4O4. The normalized spacial score (nSPS) is 14.3. The quantitative estimate of drug-likeness (QED) is 0.127. The van der Waals surface area contributed by atoms with Crippen molar-refractivity contribution in [2.75, 3.05) is 0 Å². The molecule has 1 saturated carbocycles. The molecule has 1 aromatic heterocycles. The van der Waals surface area contributed by atoms with Crippen molar-refractivity contribution < 1.29 is 9.66 Å². The molecule has 38 heavy (non-hydrogen) atoms. The van der Waals surface area contributed by atoms with Crippen molar-refractivity contribution in [1.29, 1.82) is 0 Å². The Morgan fingerprint density at radius 3 is 2.63 bits per heavy atom. The highest BCUT2D eigenvalue weighted by Gasteiger charge is 2.24. The number of ether oxygens (including phenoxy) is 1. The van der Waals surface area contributed by atoms with Gasteiger partial charge in [-0.1, -0.05) is 77.1 Å². The molecule has 0 spiro atoms. The molecule has 3 aromatic carbocycles. The van der Waals surface area contributed by atoms with Crippen molar-refractivity contribution in [2.45, 2.75) is 44.6 Å². The van der Waals surface area contributed by atoms with Crippen molar-refractivity contribution in [3.8, 4) is 5.75 Å². The fraction of sp³-hybridized carbons (Fsp3) is 0.250. The van der Waals surface area contributed by atoms with E-state index in [9.17, 15) is 14.9 Å². The summed E-state index contributed by atoms with van der Waals surface area (Å²) in [5, 5.41) is 17.0. The summed E-state index contributed by atoms with van der Waals surface area (Å²) >= 11 is 9.67. The molecule has 0 bridgehead atoms. The van der Waals surface area contributed by atoms with E-state index in [1.165, 1.54) is 23.0 Å². The molecule has 5 rings (SSSR count). The average Bonchev–Trinajstić information content (AvgIpc) is 2.93. The number of hydrogen-bond acceptors (Lipinski definition) is 6. The molecule has 0 unspecified atom stereocenters. The summed E-state index contributed by atoms with van der Waals surface area (Å²) in [6.07, 6.45) is 6.48. The molecule has 1 aliphatic rings. The Morgan fingerprint density at radius 1 is 1.13 bits per heavy atom. The van der Waals surface area contributed by atoms with E-state index in [4.69, 9.17) is 21.3 Å². The zero-order chi connectivity index (χ0) is 26.6. The van der Waals surface area contributed by atoms with Crippen molar-refractivity contribution in [2.24, 2.45) is 5.10 Å². The first-order chi connectivity index (χ1) is 18.4. The maximum atomic E-state index is 13.6. The van der Waals surface area contributed by atoms with Crippen molar-refractivity contribution in [1.82, 2.24) is 9.66 Å². The van der Waals surface area contributed by atoms with Crippen LogP contribution < -0.4 is 10.3 Å². The SMILES string of the molecule is O=c1c2cc(Br)ccc2nc(C2CCCCC2)n1N=Cc1cc(Cl)cc([N+](=O)[O-])c1OCc1ccccc1. The van der Waals surface area contributed by atoms with E-state index in [1.54, 1.807) is 6.07 Å². The van der Waals surface area contributed by atoms with Gasteiger partial charge in [0.15, 0.2) is 0 Å². The topological polar surface area (TPSA) is 99.6 Å². The zero-order valence-electron chi connectivity index (χ0n) is 20.3. The largest absolute Gasteiger partial charge is 0.481 e. The van der Waals surface area contributed by atoms with Gasteiger partial charge in [0.05, 0.1) is 22.0 Å². The molecule has 4 aromatic rings. The number of halogens is 2. The maximum absolute atomic E-state index is 13.6. The van der Waals surface area contributed by atoms with Crippen molar-refractivity contribution >= 4 is 50.3 Å². The third-order valence-electron chi connectivity index (χ3n) is 6.60. The van der Waals surface area contributed by atoms with Gasteiger partial charge in [-0.05, 0) is 42.7 Å². The van der Waals surface area contributed by atoms with Gasteiger partial charge in [0, 0.05) is 27.0 Å². The number of fused-ring (bicyclic) bond motifs is 1. The zero-order valence-corrected chi connectivity index (χ0v) is 22.7. The van der Waals surface area contributed by atoms with Crippen LogP contribution in [0.25, 0.3) is 10.9 Å². The van der Waals surface area contributed by atoms with Crippen LogP contribution in [0, 0.1) is 10.1 Å². The number of nitro benzene ring substituents is 1. The molecule has 0 N–H and O–H groups in total. The first-order valence-corrected chi connectivity index (χ1v) is 13.5. The van der Waals surface area contributed by atoms with E-state index >= 15 is 0 Å². The molecule has 0 saturated heterocycles. The third-order valence-corrected chi connectivity index (χ3v) is 7.31. The highest BCUT2D eigenvalue weighted by atomic mass is 79.9. The Morgan fingerprint density at radius 2 is 1.89 bits per heavy atom. The molecule has 10 heteroatoms. The molecule has 0 aliphatic heterocycles. The number of hydrogen-bond donors (Lipinski definition) is 0. The minimum absolute atomic E-state index is 0.0239. The first kappa shape index (κ1) is 26.1. The van der Waals surface area contributed by atoms with Crippen LogP contribution in [0.3, 0.4) is 0 Å². The molecule has 0 atom stereocenters. The average molecular weight is 596 g/mol. The van der Waals surface area contributed by atoms with E-state index in [0.717, 1.165) is 42.1 Å². The Kier molecular flexibility index (Phi) is 7.85. The van der Waals surface area contributed by atoms with Gasteiger partial charge in [-0.3, -0.25) is 14.9 Å². The molecular weight excluding hydrogens is 572 g/mol. The second kappa shape index (κ2) is 11.4. The van der Waals surface area contributed by atoms with E-state index in [-0.39, 0.29) is 40.1 Å². The van der Waals surface area contributed by atoms with Crippen molar-refractivity contribution in [3.05, 3.63) is 108 Å².